The fraction of sp³-hybridized carbons (Fsp3) is 0.667. The summed E-state index contributed by atoms with van der Waals surface area (Å²) in [4.78, 5) is 0. The van der Waals surface area contributed by atoms with Gasteiger partial charge in [0.25, 0.3) is 0 Å². The summed E-state index contributed by atoms with van der Waals surface area (Å²) in [6, 6.07) is 0. The second-order valence-electron chi connectivity index (χ2n) is 1.94. The molecule has 0 heterocycles. The van der Waals surface area contributed by atoms with Crippen LogP contribution in [0.2, 0.25) is 0 Å². The number of unbranched alkanes of at least 4 members (excludes halogenated alkanes) is 1. The lowest BCUT2D eigenvalue weighted by Crippen LogP contribution is -2.00. The zero-order valence-electron chi connectivity index (χ0n) is 5.49. The van der Waals surface area contributed by atoms with E-state index in [4.69, 9.17) is 34.8 Å². The number of halogens is 3. The highest BCUT2D eigenvalue weighted by molar-refractivity contribution is 7.20. The minimum absolute atomic E-state index is 0.618. The molecule has 0 aromatic rings. The maximum atomic E-state index is 5.51. The van der Waals surface area contributed by atoms with Gasteiger partial charge < -0.3 is 0 Å². The molecule has 0 bridgehead atoms. The molecule has 0 aliphatic heterocycles. The highest BCUT2D eigenvalue weighted by Crippen LogP contribution is 2.31. The Labute approximate surface area is 79.1 Å². The van der Waals surface area contributed by atoms with Crippen LogP contribution in [0.15, 0.2) is 11.9 Å². The van der Waals surface area contributed by atoms with Gasteiger partial charge in [0, 0.05) is 0 Å². The van der Waals surface area contributed by atoms with Crippen molar-refractivity contribution in [2.24, 2.45) is 0 Å². The van der Waals surface area contributed by atoms with Gasteiger partial charge in [0.05, 0.1) is 0 Å². The molecule has 0 N–H and O–H groups in total. The Morgan fingerprint density at radius 3 is 2.30 bits per heavy atom. The quantitative estimate of drug-likeness (QED) is 0.383. The molecule has 0 nitrogen and oxygen atoms in total. The Hall–Kier alpha value is 1.04. The van der Waals surface area contributed by atoms with Gasteiger partial charge in [-0.25, -0.2) is 0 Å². The van der Waals surface area contributed by atoms with Crippen LogP contribution in [0, 0.1) is 0 Å². The van der Waals surface area contributed by atoms with Crippen molar-refractivity contribution in [1.29, 1.82) is 0 Å². The van der Waals surface area contributed by atoms with Crippen molar-refractivity contribution in [2.75, 3.05) is 0 Å². The predicted molar refractivity (Wildman–Crippen MR) is 53.0 cm³/mol. The first-order valence-corrected chi connectivity index (χ1v) is 4.80. The summed E-state index contributed by atoms with van der Waals surface area (Å²) < 4.78 is -1.07. The molecule has 0 aliphatic rings. The lowest BCUT2D eigenvalue weighted by molar-refractivity contribution is 0.768. The predicted octanol–water partition coefficient (Wildman–Crippen LogP) is 3.92. The fourth-order valence-electron chi connectivity index (χ4n) is 0.517. The first kappa shape index (κ1) is 11.0. The zero-order chi connectivity index (χ0) is 8.04. The molecule has 0 saturated carbocycles. The summed E-state index contributed by atoms with van der Waals surface area (Å²) in [6.07, 6.45) is 4.53. The molecule has 1 unspecified atom stereocenters. The van der Waals surface area contributed by atoms with Crippen molar-refractivity contribution in [2.45, 2.75) is 23.1 Å². The van der Waals surface area contributed by atoms with Gasteiger partial charge in [0.2, 0.25) is 0 Å². The van der Waals surface area contributed by atoms with Crippen molar-refractivity contribution < 1.29 is 0 Å². The molecular formula is C6H10Cl3P. The van der Waals surface area contributed by atoms with Crippen molar-refractivity contribution in [3.05, 3.63) is 11.9 Å². The summed E-state index contributed by atoms with van der Waals surface area (Å²) in [6.45, 7) is 0. The summed E-state index contributed by atoms with van der Waals surface area (Å²) in [5.74, 6) is 1.92. The molecule has 0 saturated heterocycles. The van der Waals surface area contributed by atoms with E-state index in [2.05, 4.69) is 9.24 Å². The molecule has 1 atom stereocenters. The summed E-state index contributed by atoms with van der Waals surface area (Å²) >= 11 is 16.5. The van der Waals surface area contributed by atoms with E-state index >= 15 is 0 Å². The van der Waals surface area contributed by atoms with Crippen LogP contribution in [0.25, 0.3) is 0 Å². The fourth-order valence-corrected chi connectivity index (χ4v) is 1.11. The number of allylic oxidation sites excluding steroid dienone is 1. The lowest BCUT2D eigenvalue weighted by atomic mass is 10.2. The van der Waals surface area contributed by atoms with E-state index in [0.717, 1.165) is 12.8 Å². The van der Waals surface area contributed by atoms with E-state index in [9.17, 15) is 0 Å². The topological polar surface area (TPSA) is 0 Å². The molecule has 0 aromatic heterocycles. The third-order valence-corrected chi connectivity index (χ3v) is 1.81. The monoisotopic (exact) mass is 218 g/mol. The molecule has 4 heteroatoms. The van der Waals surface area contributed by atoms with Crippen molar-refractivity contribution in [3.63, 3.8) is 0 Å². The summed E-state index contributed by atoms with van der Waals surface area (Å²) in [5, 5.41) is 0. The second kappa shape index (κ2) is 5.66. The second-order valence-corrected chi connectivity index (χ2v) is 4.84. The van der Waals surface area contributed by atoms with Crippen LogP contribution < -0.4 is 0 Å². The Morgan fingerprint density at radius 2 is 1.90 bits per heavy atom. The Kier molecular flexibility index (Phi) is 6.25. The van der Waals surface area contributed by atoms with Crippen LogP contribution in [-0.2, 0) is 0 Å². The van der Waals surface area contributed by atoms with E-state index < -0.39 is 3.79 Å². The van der Waals surface area contributed by atoms with Crippen molar-refractivity contribution in [3.8, 4) is 0 Å². The molecule has 0 aliphatic carbocycles. The van der Waals surface area contributed by atoms with Gasteiger partial charge in [0.15, 0.2) is 3.79 Å². The normalized spacial score (nSPS) is 12.8. The Morgan fingerprint density at radius 1 is 1.30 bits per heavy atom. The van der Waals surface area contributed by atoms with Gasteiger partial charge >= 0.3 is 0 Å². The summed E-state index contributed by atoms with van der Waals surface area (Å²) in [7, 11) is 2.50. The van der Waals surface area contributed by atoms with Gasteiger partial charge in [-0.2, -0.15) is 0 Å². The van der Waals surface area contributed by atoms with Gasteiger partial charge in [-0.3, -0.25) is 0 Å². The molecule has 0 aromatic carbocycles. The molecule has 60 valence electrons. The molecule has 0 spiro atoms. The van der Waals surface area contributed by atoms with E-state index in [1.54, 1.807) is 0 Å². The molecule has 10 heavy (non-hydrogen) atoms. The summed E-state index contributed by atoms with van der Waals surface area (Å²) in [5.41, 5.74) is 0. The van der Waals surface area contributed by atoms with Gasteiger partial charge in [0.1, 0.15) is 0 Å². The average molecular weight is 219 g/mol. The molecule has 0 radical (unpaired) electrons. The lowest BCUT2D eigenvalue weighted by Gasteiger charge is -2.07. The minimum Gasteiger partial charge on any atom is -0.114 e. The standard InChI is InChI=1S/C6H10Cl3P/c7-6(8,9)4-2-1-3-5-10/h3,5H,1-2,4,10H2. The molecule has 0 fully saturated rings. The van der Waals surface area contributed by atoms with Gasteiger partial charge in [-0.05, 0) is 19.3 Å². The van der Waals surface area contributed by atoms with Crippen LogP contribution in [0.1, 0.15) is 19.3 Å². The van der Waals surface area contributed by atoms with E-state index in [0.29, 0.717) is 6.42 Å². The number of alkyl halides is 3. The van der Waals surface area contributed by atoms with Crippen LogP contribution in [0.5, 0.6) is 0 Å². The maximum absolute atomic E-state index is 5.51. The highest BCUT2D eigenvalue weighted by atomic mass is 35.6. The van der Waals surface area contributed by atoms with Crippen molar-refractivity contribution in [1.82, 2.24) is 0 Å². The minimum atomic E-state index is -1.07. The van der Waals surface area contributed by atoms with Crippen LogP contribution in [0.4, 0.5) is 0 Å². The van der Waals surface area contributed by atoms with E-state index in [1.807, 2.05) is 11.9 Å². The van der Waals surface area contributed by atoms with Crippen molar-refractivity contribution >= 4 is 44.0 Å². The zero-order valence-corrected chi connectivity index (χ0v) is 8.91. The number of hydrogen-bond donors (Lipinski definition) is 0. The smallest absolute Gasteiger partial charge is 0.114 e. The van der Waals surface area contributed by atoms with Gasteiger partial charge in [-0.15, -0.1) is 9.24 Å². The maximum Gasteiger partial charge on any atom is 0.190 e. The first-order chi connectivity index (χ1) is 4.56. The highest BCUT2D eigenvalue weighted by Gasteiger charge is 2.17. The largest absolute Gasteiger partial charge is 0.190 e. The molecular weight excluding hydrogens is 209 g/mol. The molecule has 0 amide bonds. The van der Waals surface area contributed by atoms with E-state index in [-0.39, 0.29) is 0 Å². The molecule has 0 rings (SSSR count). The third-order valence-electron chi connectivity index (χ3n) is 0.967. The van der Waals surface area contributed by atoms with Crippen LogP contribution >= 0.6 is 44.0 Å². The van der Waals surface area contributed by atoms with Crippen LogP contribution in [-0.4, -0.2) is 3.79 Å². The van der Waals surface area contributed by atoms with Crippen LogP contribution in [0.3, 0.4) is 0 Å². The average Bonchev–Trinajstić information content (AvgIpc) is 1.78. The Balaban J connectivity index is 3.20. The number of hydrogen-bond acceptors (Lipinski definition) is 0. The van der Waals surface area contributed by atoms with Gasteiger partial charge in [-0.1, -0.05) is 46.7 Å². The third kappa shape index (κ3) is 9.04. The van der Waals surface area contributed by atoms with E-state index in [1.165, 1.54) is 0 Å². The Bertz CT molecular complexity index is 106. The first-order valence-electron chi connectivity index (χ1n) is 3.00. The number of rotatable bonds is 3. The SMILES string of the molecule is PC=CCCCC(Cl)(Cl)Cl.